The smallest absolute Gasteiger partial charge is 0.339 e. The Labute approximate surface area is 116 Å². The van der Waals surface area contributed by atoms with E-state index in [1.165, 1.54) is 18.6 Å². The lowest BCUT2D eigenvalue weighted by atomic mass is 9.76. The molecule has 0 N–H and O–H groups in total. The fourth-order valence-corrected chi connectivity index (χ4v) is 2.71. The monoisotopic (exact) mass is 268 g/mol. The van der Waals surface area contributed by atoms with E-state index in [9.17, 15) is 4.79 Å². The summed E-state index contributed by atoms with van der Waals surface area (Å²) < 4.78 is 5.71. The van der Waals surface area contributed by atoms with Crippen LogP contribution in [0.1, 0.15) is 17.3 Å². The quantitative estimate of drug-likeness (QED) is 0.632. The van der Waals surface area contributed by atoms with E-state index in [1.54, 1.807) is 6.92 Å². The molecule has 0 saturated heterocycles. The van der Waals surface area contributed by atoms with Gasteiger partial charge in [-0.1, -0.05) is 30.3 Å². The topological polar surface area (TPSA) is 50.1 Å². The molecule has 1 aromatic heterocycles. The van der Waals surface area contributed by atoms with Gasteiger partial charge >= 0.3 is 13.2 Å². The Morgan fingerprint density at radius 1 is 1.42 bits per heavy atom. The number of nitriles is 1. The van der Waals surface area contributed by atoms with Crippen LogP contribution in [0.2, 0.25) is 0 Å². The van der Waals surface area contributed by atoms with Crippen molar-refractivity contribution in [3.8, 4) is 17.1 Å². The minimum absolute atomic E-state index is 0.314. The van der Waals surface area contributed by atoms with E-state index in [0.29, 0.717) is 16.9 Å². The number of esters is 1. The van der Waals surface area contributed by atoms with E-state index in [0.717, 1.165) is 11.1 Å². The van der Waals surface area contributed by atoms with Gasteiger partial charge in [-0.05, 0) is 22.6 Å². The zero-order chi connectivity index (χ0) is 13.7. The van der Waals surface area contributed by atoms with Gasteiger partial charge in [0.25, 0.3) is 0 Å². The average molecular weight is 268 g/mol. The number of benzene rings is 1. The Balaban J connectivity index is 2.50. The molecule has 0 spiro atoms. The third-order valence-corrected chi connectivity index (χ3v) is 3.51. The van der Waals surface area contributed by atoms with Crippen molar-refractivity contribution < 1.29 is 9.53 Å². The second kappa shape index (κ2) is 6.21. The molecule has 93 valence electrons. The van der Waals surface area contributed by atoms with E-state index in [2.05, 4.69) is 0 Å². The van der Waals surface area contributed by atoms with Crippen molar-refractivity contribution in [2.45, 2.75) is 6.92 Å². The fourth-order valence-electron chi connectivity index (χ4n) is 1.78. The Kier molecular flexibility index (Phi) is 4.37. The van der Waals surface area contributed by atoms with Crippen molar-refractivity contribution in [2.75, 3.05) is 6.61 Å². The van der Waals surface area contributed by atoms with Crippen LogP contribution in [0.5, 0.6) is 0 Å². The van der Waals surface area contributed by atoms with Gasteiger partial charge in [0.05, 0.1) is 12.2 Å². The average Bonchev–Trinajstić information content (AvgIpc) is 2.84. The number of rotatable bonds is 4. The third kappa shape index (κ3) is 2.86. The Morgan fingerprint density at radius 2 is 2.16 bits per heavy atom. The van der Waals surface area contributed by atoms with Crippen molar-refractivity contribution in [3.05, 3.63) is 41.3 Å². The lowest BCUT2D eigenvalue weighted by molar-refractivity contribution is 0.0529. The van der Waals surface area contributed by atoms with Gasteiger partial charge < -0.3 is 4.74 Å². The fraction of sp³-hybridized carbons (Fsp3) is 0.143. The summed E-state index contributed by atoms with van der Waals surface area (Å²) in [5.41, 5.74) is 2.23. The van der Waals surface area contributed by atoms with E-state index in [4.69, 9.17) is 10.00 Å². The van der Waals surface area contributed by atoms with Gasteiger partial charge in [-0.3, -0.25) is 0 Å². The highest BCUT2D eigenvalue weighted by Crippen LogP contribution is 2.26. The summed E-state index contributed by atoms with van der Waals surface area (Å²) in [6.07, 6.45) is 0. The highest BCUT2D eigenvalue weighted by molar-refractivity contribution is 7.21. The van der Waals surface area contributed by atoms with Gasteiger partial charge in [-0.2, -0.15) is 11.3 Å². The van der Waals surface area contributed by atoms with Crippen molar-refractivity contribution in [3.63, 3.8) is 0 Å². The molecule has 0 amide bonds. The lowest BCUT2D eigenvalue weighted by Gasteiger charge is -2.06. The Bertz CT molecular complexity index is 616. The molecule has 0 atom stereocenters. The molecule has 0 saturated carbocycles. The largest absolute Gasteiger partial charge is 0.462 e. The van der Waals surface area contributed by atoms with E-state index in [-0.39, 0.29) is 5.97 Å². The maximum Gasteiger partial charge on any atom is 0.339 e. The van der Waals surface area contributed by atoms with Crippen LogP contribution in [-0.4, -0.2) is 19.9 Å². The highest BCUT2D eigenvalue weighted by atomic mass is 32.1. The SMILES string of the molecule is CCOC(=O)c1c(-c2ccccc2)csc1[B]C#N. The summed E-state index contributed by atoms with van der Waals surface area (Å²) in [7, 11) is 1.38. The van der Waals surface area contributed by atoms with Crippen molar-refractivity contribution >= 4 is 29.4 Å². The predicted molar refractivity (Wildman–Crippen MR) is 76.7 cm³/mol. The molecule has 3 nitrogen and oxygen atoms in total. The zero-order valence-corrected chi connectivity index (χ0v) is 11.2. The molecule has 2 rings (SSSR count). The van der Waals surface area contributed by atoms with Gasteiger partial charge in [0.2, 0.25) is 0 Å². The number of nitrogens with zero attached hydrogens (tertiary/aromatic N) is 1. The lowest BCUT2D eigenvalue weighted by Crippen LogP contribution is -2.19. The molecule has 0 bridgehead atoms. The second-order valence-electron chi connectivity index (χ2n) is 3.75. The first-order chi connectivity index (χ1) is 9.27. The van der Waals surface area contributed by atoms with Crippen LogP contribution in [0.3, 0.4) is 0 Å². The standard InChI is InChI=1S/C14H11BNO2S/c1-2-18-14(17)12-11(8-19-13(12)15-9-16)10-6-4-3-5-7-10/h3-8H,2H2,1H3. The highest BCUT2D eigenvalue weighted by Gasteiger charge is 2.21. The Morgan fingerprint density at radius 3 is 2.79 bits per heavy atom. The van der Waals surface area contributed by atoms with Gasteiger partial charge in [-0.15, -0.1) is 0 Å². The van der Waals surface area contributed by atoms with E-state index < -0.39 is 0 Å². The first-order valence-corrected chi connectivity index (χ1v) is 6.72. The third-order valence-electron chi connectivity index (χ3n) is 2.58. The number of ether oxygens (including phenoxy) is 1. The summed E-state index contributed by atoms with van der Waals surface area (Å²) in [6.45, 7) is 2.08. The van der Waals surface area contributed by atoms with Crippen LogP contribution in [-0.2, 0) is 4.74 Å². The number of hydrogen-bond acceptors (Lipinski definition) is 4. The number of thiophene rings is 1. The van der Waals surface area contributed by atoms with Crippen LogP contribution < -0.4 is 4.78 Å². The van der Waals surface area contributed by atoms with Crippen LogP contribution >= 0.6 is 11.3 Å². The minimum Gasteiger partial charge on any atom is -0.462 e. The van der Waals surface area contributed by atoms with E-state index in [1.807, 2.05) is 41.7 Å². The molecule has 0 fully saturated rings. The maximum atomic E-state index is 12.1. The molecule has 1 heterocycles. The Hall–Kier alpha value is -2.06. The molecule has 1 aromatic carbocycles. The van der Waals surface area contributed by atoms with Gasteiger partial charge in [0.1, 0.15) is 0 Å². The van der Waals surface area contributed by atoms with Gasteiger partial charge in [-0.25, -0.2) is 10.1 Å². The summed E-state index contributed by atoms with van der Waals surface area (Å²) in [6, 6.07) is 9.61. The van der Waals surface area contributed by atoms with Crippen LogP contribution in [0.4, 0.5) is 0 Å². The molecule has 0 unspecified atom stereocenters. The maximum absolute atomic E-state index is 12.1. The van der Waals surface area contributed by atoms with E-state index >= 15 is 0 Å². The van der Waals surface area contributed by atoms with Gasteiger partial charge in [0.15, 0.2) is 0 Å². The number of hydrogen-bond donors (Lipinski definition) is 0. The summed E-state index contributed by atoms with van der Waals surface area (Å²) in [4.78, 5) is 12.1. The summed E-state index contributed by atoms with van der Waals surface area (Å²) in [5.74, 6) is 1.58. The summed E-state index contributed by atoms with van der Waals surface area (Å²) >= 11 is 1.37. The molecular weight excluding hydrogens is 257 g/mol. The first-order valence-electron chi connectivity index (χ1n) is 5.84. The van der Waals surface area contributed by atoms with Crippen LogP contribution in [0.25, 0.3) is 11.1 Å². The normalized spacial score (nSPS) is 9.68. The molecule has 0 aliphatic rings. The van der Waals surface area contributed by atoms with Gasteiger partial charge in [0, 0.05) is 11.5 Å². The molecule has 2 aromatic rings. The van der Waals surface area contributed by atoms with Crippen molar-refractivity contribution in [1.29, 1.82) is 5.26 Å². The number of carbonyl (C=O) groups excluding carboxylic acids is 1. The van der Waals surface area contributed by atoms with Crippen LogP contribution in [0, 0.1) is 11.2 Å². The minimum atomic E-state index is -0.385. The molecule has 5 heteroatoms. The molecule has 1 radical (unpaired) electrons. The zero-order valence-electron chi connectivity index (χ0n) is 10.4. The predicted octanol–water partition coefficient (Wildman–Crippen LogP) is 2.40. The van der Waals surface area contributed by atoms with Crippen molar-refractivity contribution in [2.24, 2.45) is 0 Å². The molecule has 19 heavy (non-hydrogen) atoms. The second-order valence-corrected chi connectivity index (χ2v) is 4.66. The first kappa shape index (κ1) is 13.4. The molecular formula is C14H11BNO2S. The van der Waals surface area contributed by atoms with Crippen LogP contribution in [0.15, 0.2) is 35.7 Å². The van der Waals surface area contributed by atoms with Crippen molar-refractivity contribution in [1.82, 2.24) is 0 Å². The molecule has 0 aliphatic carbocycles. The summed E-state index contributed by atoms with van der Waals surface area (Å²) in [5, 5.41) is 10.7. The molecule has 0 aliphatic heterocycles. The number of carbonyl (C=O) groups is 1.